The lowest BCUT2D eigenvalue weighted by Crippen LogP contribution is -2.44. The summed E-state index contributed by atoms with van der Waals surface area (Å²) in [6.07, 6.45) is 2.99. The van der Waals surface area contributed by atoms with E-state index in [1.807, 2.05) is 0 Å². The lowest BCUT2D eigenvalue weighted by Gasteiger charge is -2.39. The van der Waals surface area contributed by atoms with E-state index in [-0.39, 0.29) is 11.3 Å². The number of hydrogen-bond donors (Lipinski definition) is 0. The second-order valence-corrected chi connectivity index (χ2v) is 7.92. The van der Waals surface area contributed by atoms with Crippen molar-refractivity contribution < 1.29 is 4.79 Å². The molecule has 19 heavy (non-hydrogen) atoms. The Kier molecular flexibility index (Phi) is 5.61. The van der Waals surface area contributed by atoms with Crippen LogP contribution in [-0.4, -0.2) is 30.3 Å². The van der Waals surface area contributed by atoms with Crippen molar-refractivity contribution in [2.24, 2.45) is 23.2 Å². The van der Waals surface area contributed by atoms with Crippen molar-refractivity contribution in [2.45, 2.75) is 66.8 Å². The number of nitrogens with zero attached hydrogens (tertiary/aromatic N) is 1. The van der Waals surface area contributed by atoms with Gasteiger partial charge in [0.1, 0.15) is 5.78 Å². The van der Waals surface area contributed by atoms with Crippen LogP contribution in [0.2, 0.25) is 0 Å². The van der Waals surface area contributed by atoms with E-state index in [0.29, 0.717) is 17.7 Å². The lowest BCUT2D eigenvalue weighted by atomic mass is 9.75. The number of Topliss-reactive ketones (excluding diaryl/α,β-unsaturated/α-hetero) is 1. The highest BCUT2D eigenvalue weighted by Crippen LogP contribution is 2.33. The van der Waals surface area contributed by atoms with Crippen LogP contribution >= 0.6 is 0 Å². The van der Waals surface area contributed by atoms with Gasteiger partial charge < -0.3 is 4.90 Å². The summed E-state index contributed by atoms with van der Waals surface area (Å²) in [7, 11) is 2.17. The second kappa shape index (κ2) is 6.39. The van der Waals surface area contributed by atoms with E-state index < -0.39 is 0 Å². The normalized spacial score (nSPS) is 27.1. The molecule has 3 atom stereocenters. The molecule has 2 nitrogen and oxygen atoms in total. The number of rotatable bonds is 4. The molecule has 0 bridgehead atoms. The molecule has 0 N–H and O–H groups in total. The fraction of sp³-hybridized carbons (Fsp3) is 0.941. The van der Waals surface area contributed by atoms with Gasteiger partial charge in [-0.15, -0.1) is 0 Å². The Morgan fingerprint density at radius 2 is 1.84 bits per heavy atom. The van der Waals surface area contributed by atoms with Crippen LogP contribution in [0.1, 0.15) is 60.8 Å². The van der Waals surface area contributed by atoms with Gasteiger partial charge >= 0.3 is 0 Å². The van der Waals surface area contributed by atoms with Gasteiger partial charge in [-0.2, -0.15) is 0 Å². The van der Waals surface area contributed by atoms with Crippen LogP contribution in [0.4, 0.5) is 0 Å². The van der Waals surface area contributed by atoms with E-state index >= 15 is 0 Å². The number of carbonyl (C=O) groups is 1. The molecule has 0 aromatic rings. The highest BCUT2D eigenvalue weighted by atomic mass is 16.1. The van der Waals surface area contributed by atoms with Crippen molar-refractivity contribution in [3.8, 4) is 0 Å². The zero-order valence-corrected chi connectivity index (χ0v) is 14.0. The molecule has 112 valence electrons. The molecule has 1 aliphatic rings. The third-order valence-electron chi connectivity index (χ3n) is 5.17. The largest absolute Gasteiger partial charge is 0.302 e. The molecule has 0 amide bonds. The summed E-state index contributed by atoms with van der Waals surface area (Å²) < 4.78 is 0. The Hall–Kier alpha value is -0.370. The Balaban J connectivity index is 2.61. The summed E-state index contributed by atoms with van der Waals surface area (Å²) in [6, 6.07) is 0.500. The predicted molar refractivity (Wildman–Crippen MR) is 82.2 cm³/mol. The van der Waals surface area contributed by atoms with Crippen molar-refractivity contribution in [3.05, 3.63) is 0 Å². The molecule has 0 aromatic carbocycles. The Labute approximate surface area is 119 Å². The first-order valence-electron chi connectivity index (χ1n) is 7.86. The van der Waals surface area contributed by atoms with Crippen LogP contribution in [0.15, 0.2) is 0 Å². The second-order valence-electron chi connectivity index (χ2n) is 7.92. The van der Waals surface area contributed by atoms with Gasteiger partial charge in [0.2, 0.25) is 0 Å². The van der Waals surface area contributed by atoms with Gasteiger partial charge in [-0.25, -0.2) is 0 Å². The molecule has 1 fully saturated rings. The molecular weight excluding hydrogens is 234 g/mol. The smallest absolute Gasteiger partial charge is 0.137 e. The number of ketones is 1. The average Bonchev–Trinajstić information content (AvgIpc) is 2.29. The van der Waals surface area contributed by atoms with Crippen LogP contribution in [0, 0.1) is 23.2 Å². The molecule has 0 spiro atoms. The fourth-order valence-electron chi connectivity index (χ4n) is 3.10. The van der Waals surface area contributed by atoms with Crippen molar-refractivity contribution in [1.29, 1.82) is 0 Å². The first-order valence-corrected chi connectivity index (χ1v) is 7.86. The molecule has 1 saturated carbocycles. The van der Waals surface area contributed by atoms with E-state index in [1.54, 1.807) is 0 Å². The van der Waals surface area contributed by atoms with Crippen molar-refractivity contribution in [2.75, 3.05) is 13.6 Å². The zero-order chi connectivity index (χ0) is 14.8. The SMILES string of the molecule is CC(C)C1CCC(=O)C(CN(C)C(C)C(C)(C)C)C1. The maximum absolute atomic E-state index is 12.1. The van der Waals surface area contributed by atoms with Crippen LogP contribution in [0.3, 0.4) is 0 Å². The molecule has 2 heteroatoms. The highest BCUT2D eigenvalue weighted by molar-refractivity contribution is 5.82. The van der Waals surface area contributed by atoms with Crippen LogP contribution in [0.25, 0.3) is 0 Å². The molecule has 1 aliphatic carbocycles. The van der Waals surface area contributed by atoms with Crippen molar-refractivity contribution in [1.82, 2.24) is 4.90 Å². The first-order chi connectivity index (χ1) is 8.62. The molecule has 0 radical (unpaired) electrons. The highest BCUT2D eigenvalue weighted by Gasteiger charge is 2.33. The fourth-order valence-corrected chi connectivity index (χ4v) is 3.10. The summed E-state index contributed by atoms with van der Waals surface area (Å²) in [5, 5.41) is 0. The topological polar surface area (TPSA) is 20.3 Å². The summed E-state index contributed by atoms with van der Waals surface area (Å²) in [5.41, 5.74) is 0.268. The van der Waals surface area contributed by atoms with Gasteiger partial charge in [0.15, 0.2) is 0 Å². The molecule has 0 aliphatic heterocycles. The van der Waals surface area contributed by atoms with E-state index in [1.165, 1.54) is 0 Å². The van der Waals surface area contributed by atoms with E-state index in [4.69, 9.17) is 0 Å². The van der Waals surface area contributed by atoms with Gasteiger partial charge in [0, 0.05) is 24.9 Å². The zero-order valence-electron chi connectivity index (χ0n) is 14.0. The minimum absolute atomic E-state index is 0.260. The number of carbonyl (C=O) groups excluding carboxylic acids is 1. The number of hydrogen-bond acceptors (Lipinski definition) is 2. The standard InChI is InChI=1S/C17H33NO/c1-12(2)14-8-9-16(19)15(10-14)11-18(7)13(3)17(4,5)6/h12-15H,8-11H2,1-7H3. The summed E-state index contributed by atoms with van der Waals surface area (Å²) in [5.74, 6) is 2.20. The molecule has 3 unspecified atom stereocenters. The molecule has 0 aromatic heterocycles. The summed E-state index contributed by atoms with van der Waals surface area (Å²) >= 11 is 0. The summed E-state index contributed by atoms with van der Waals surface area (Å²) in [4.78, 5) is 14.5. The lowest BCUT2D eigenvalue weighted by molar-refractivity contribution is -0.127. The molecule has 0 heterocycles. The van der Waals surface area contributed by atoms with Crippen molar-refractivity contribution in [3.63, 3.8) is 0 Å². The maximum Gasteiger partial charge on any atom is 0.137 e. The minimum Gasteiger partial charge on any atom is -0.302 e. The van der Waals surface area contributed by atoms with Crippen LogP contribution < -0.4 is 0 Å². The van der Waals surface area contributed by atoms with E-state index in [9.17, 15) is 4.79 Å². The summed E-state index contributed by atoms with van der Waals surface area (Å²) in [6.45, 7) is 14.6. The quantitative estimate of drug-likeness (QED) is 0.767. The van der Waals surface area contributed by atoms with E-state index in [2.05, 4.69) is 53.5 Å². The van der Waals surface area contributed by atoms with Gasteiger partial charge in [-0.3, -0.25) is 4.79 Å². The molecule has 0 saturated heterocycles. The average molecular weight is 267 g/mol. The van der Waals surface area contributed by atoms with Gasteiger partial charge in [0.05, 0.1) is 0 Å². The predicted octanol–water partition coefficient (Wildman–Crippen LogP) is 3.99. The monoisotopic (exact) mass is 267 g/mol. The Bertz CT molecular complexity index is 303. The van der Waals surface area contributed by atoms with Gasteiger partial charge in [-0.1, -0.05) is 34.6 Å². The molecular formula is C17H33NO. The Morgan fingerprint density at radius 3 is 2.32 bits per heavy atom. The minimum atomic E-state index is 0.260. The maximum atomic E-state index is 12.1. The molecule has 1 rings (SSSR count). The van der Waals surface area contributed by atoms with Gasteiger partial charge in [-0.05, 0) is 44.1 Å². The third-order valence-corrected chi connectivity index (χ3v) is 5.17. The van der Waals surface area contributed by atoms with Crippen molar-refractivity contribution >= 4 is 5.78 Å². The third kappa shape index (κ3) is 4.59. The van der Waals surface area contributed by atoms with E-state index in [0.717, 1.165) is 31.7 Å². The first kappa shape index (κ1) is 16.7. The van der Waals surface area contributed by atoms with Crippen LogP contribution in [-0.2, 0) is 4.79 Å². The Morgan fingerprint density at radius 1 is 1.26 bits per heavy atom. The van der Waals surface area contributed by atoms with Gasteiger partial charge in [0.25, 0.3) is 0 Å². The van der Waals surface area contributed by atoms with Crippen LogP contribution in [0.5, 0.6) is 0 Å².